The SMILES string of the molecule is COc1ccc(-c2cc(C(=O)N3CCN(c4ccccc4Cl)CC3)c3ccccc3n2)c(OC)c1. The molecule has 0 aliphatic carbocycles. The van der Waals surface area contributed by atoms with Gasteiger partial charge in [0.2, 0.25) is 0 Å². The van der Waals surface area contributed by atoms with Gasteiger partial charge in [-0.1, -0.05) is 41.9 Å². The zero-order chi connectivity index (χ0) is 24.4. The van der Waals surface area contributed by atoms with E-state index in [1.54, 1.807) is 14.2 Å². The fourth-order valence-corrected chi connectivity index (χ4v) is 4.78. The Hall–Kier alpha value is -3.77. The molecule has 1 aliphatic rings. The first-order valence-corrected chi connectivity index (χ1v) is 11.9. The molecule has 2 heterocycles. The molecule has 1 amide bonds. The van der Waals surface area contributed by atoms with Gasteiger partial charge in [0.25, 0.3) is 5.91 Å². The van der Waals surface area contributed by atoms with Crippen LogP contribution in [-0.2, 0) is 0 Å². The summed E-state index contributed by atoms with van der Waals surface area (Å²) in [5.74, 6) is 1.33. The van der Waals surface area contributed by atoms with Gasteiger partial charge in [0.05, 0.1) is 41.7 Å². The van der Waals surface area contributed by atoms with Crippen LogP contribution in [0.3, 0.4) is 0 Å². The van der Waals surface area contributed by atoms with Gasteiger partial charge in [0.15, 0.2) is 0 Å². The van der Waals surface area contributed by atoms with Crippen molar-refractivity contribution in [3.8, 4) is 22.8 Å². The number of benzene rings is 3. The number of hydrogen-bond donors (Lipinski definition) is 0. The van der Waals surface area contributed by atoms with Crippen LogP contribution < -0.4 is 14.4 Å². The minimum atomic E-state index is -0.00358. The van der Waals surface area contributed by atoms with Crippen molar-refractivity contribution >= 4 is 34.1 Å². The first-order valence-electron chi connectivity index (χ1n) is 11.5. The zero-order valence-corrected chi connectivity index (χ0v) is 20.5. The Morgan fingerprint density at radius 2 is 1.63 bits per heavy atom. The third kappa shape index (κ3) is 4.49. The predicted molar refractivity (Wildman–Crippen MR) is 140 cm³/mol. The van der Waals surface area contributed by atoms with Crippen LogP contribution in [0.2, 0.25) is 5.02 Å². The Labute approximate surface area is 209 Å². The summed E-state index contributed by atoms with van der Waals surface area (Å²) in [4.78, 5) is 22.7. The molecule has 0 bridgehead atoms. The van der Waals surface area contributed by atoms with Gasteiger partial charge >= 0.3 is 0 Å². The number of carbonyl (C=O) groups is 1. The fourth-order valence-electron chi connectivity index (χ4n) is 4.53. The number of piperazine rings is 1. The van der Waals surface area contributed by atoms with Crippen molar-refractivity contribution in [2.75, 3.05) is 45.3 Å². The van der Waals surface area contributed by atoms with Crippen LogP contribution in [0.4, 0.5) is 5.69 Å². The first kappa shape index (κ1) is 23.0. The molecular weight excluding hydrogens is 462 g/mol. The number of para-hydroxylation sites is 2. The highest BCUT2D eigenvalue weighted by Crippen LogP contribution is 2.35. The van der Waals surface area contributed by atoms with Crippen molar-refractivity contribution in [3.63, 3.8) is 0 Å². The number of amides is 1. The molecule has 5 rings (SSSR count). The highest BCUT2D eigenvalue weighted by atomic mass is 35.5. The molecule has 6 nitrogen and oxygen atoms in total. The smallest absolute Gasteiger partial charge is 0.254 e. The maximum Gasteiger partial charge on any atom is 0.254 e. The Bertz CT molecular complexity index is 1380. The molecule has 178 valence electrons. The molecule has 1 aromatic heterocycles. The fraction of sp³-hybridized carbons (Fsp3) is 0.214. The first-order chi connectivity index (χ1) is 17.1. The minimum absolute atomic E-state index is 0.00358. The molecule has 0 N–H and O–H groups in total. The predicted octanol–water partition coefficient (Wildman–Crippen LogP) is 5.53. The maximum atomic E-state index is 13.8. The van der Waals surface area contributed by atoms with Crippen molar-refractivity contribution in [2.24, 2.45) is 0 Å². The van der Waals surface area contributed by atoms with Crippen LogP contribution in [0, 0.1) is 0 Å². The van der Waals surface area contributed by atoms with E-state index in [1.165, 1.54) is 0 Å². The number of pyridine rings is 1. The molecular formula is C28H26ClN3O3. The normalized spacial score (nSPS) is 13.7. The Morgan fingerprint density at radius 1 is 0.886 bits per heavy atom. The third-order valence-electron chi connectivity index (χ3n) is 6.39. The summed E-state index contributed by atoms with van der Waals surface area (Å²) in [7, 11) is 3.23. The van der Waals surface area contributed by atoms with Crippen molar-refractivity contribution in [2.45, 2.75) is 0 Å². The summed E-state index contributed by atoms with van der Waals surface area (Å²) in [6.45, 7) is 2.67. The monoisotopic (exact) mass is 487 g/mol. The van der Waals surface area contributed by atoms with Crippen LogP contribution in [-0.4, -0.2) is 56.2 Å². The average molecular weight is 488 g/mol. The number of aromatic nitrogens is 1. The van der Waals surface area contributed by atoms with Crippen molar-refractivity contribution < 1.29 is 14.3 Å². The Morgan fingerprint density at radius 3 is 2.37 bits per heavy atom. The largest absolute Gasteiger partial charge is 0.497 e. The highest BCUT2D eigenvalue weighted by Gasteiger charge is 2.25. The maximum absolute atomic E-state index is 13.8. The minimum Gasteiger partial charge on any atom is -0.497 e. The van der Waals surface area contributed by atoms with Crippen molar-refractivity contribution in [3.05, 3.63) is 83.4 Å². The number of anilines is 1. The van der Waals surface area contributed by atoms with Crippen LogP contribution in [0.25, 0.3) is 22.2 Å². The number of rotatable bonds is 5. The van der Waals surface area contributed by atoms with Crippen molar-refractivity contribution in [1.82, 2.24) is 9.88 Å². The van der Waals surface area contributed by atoms with Gasteiger partial charge in [-0.2, -0.15) is 0 Å². The summed E-state index contributed by atoms with van der Waals surface area (Å²) in [6.07, 6.45) is 0. The molecule has 1 fully saturated rings. The average Bonchev–Trinajstić information content (AvgIpc) is 2.92. The van der Waals surface area contributed by atoms with Crippen molar-refractivity contribution in [1.29, 1.82) is 0 Å². The summed E-state index contributed by atoms with van der Waals surface area (Å²) < 4.78 is 10.9. The van der Waals surface area contributed by atoms with Gasteiger partial charge in [-0.05, 0) is 36.4 Å². The lowest BCUT2D eigenvalue weighted by molar-refractivity contribution is 0.0748. The number of halogens is 1. The molecule has 35 heavy (non-hydrogen) atoms. The molecule has 1 saturated heterocycles. The van der Waals surface area contributed by atoms with E-state index in [0.29, 0.717) is 35.8 Å². The van der Waals surface area contributed by atoms with E-state index in [-0.39, 0.29) is 5.91 Å². The molecule has 0 radical (unpaired) electrons. The van der Waals surface area contributed by atoms with Crippen LogP contribution in [0.5, 0.6) is 11.5 Å². The number of ether oxygens (including phenoxy) is 2. The molecule has 7 heteroatoms. The van der Waals surface area contributed by atoms with E-state index in [4.69, 9.17) is 26.1 Å². The van der Waals surface area contributed by atoms with Crippen LogP contribution in [0.15, 0.2) is 72.8 Å². The van der Waals surface area contributed by atoms with Gasteiger partial charge in [-0.3, -0.25) is 4.79 Å². The quantitative estimate of drug-likeness (QED) is 0.370. The lowest BCUT2D eigenvalue weighted by Gasteiger charge is -2.36. The van der Waals surface area contributed by atoms with E-state index in [0.717, 1.165) is 40.3 Å². The summed E-state index contributed by atoms with van der Waals surface area (Å²) >= 11 is 6.39. The van der Waals surface area contributed by atoms with Crippen LogP contribution in [0.1, 0.15) is 10.4 Å². The molecule has 4 aromatic rings. The number of fused-ring (bicyclic) bond motifs is 1. The van der Waals surface area contributed by atoms with Crippen LogP contribution >= 0.6 is 11.6 Å². The molecule has 0 atom stereocenters. The number of methoxy groups -OCH3 is 2. The number of hydrogen-bond acceptors (Lipinski definition) is 5. The van der Waals surface area contributed by atoms with E-state index < -0.39 is 0 Å². The van der Waals surface area contributed by atoms with E-state index in [2.05, 4.69) is 4.90 Å². The molecule has 3 aromatic carbocycles. The summed E-state index contributed by atoms with van der Waals surface area (Å²) in [5, 5.41) is 1.56. The van der Waals surface area contributed by atoms with Gasteiger partial charge in [0, 0.05) is 43.2 Å². The lowest BCUT2D eigenvalue weighted by Crippen LogP contribution is -2.49. The lowest BCUT2D eigenvalue weighted by atomic mass is 10.0. The molecule has 0 saturated carbocycles. The molecule has 0 unspecified atom stereocenters. The third-order valence-corrected chi connectivity index (χ3v) is 6.71. The topological polar surface area (TPSA) is 54.9 Å². The van der Waals surface area contributed by atoms with Gasteiger partial charge in [0.1, 0.15) is 11.5 Å². The Balaban J connectivity index is 1.48. The molecule has 1 aliphatic heterocycles. The molecule has 0 spiro atoms. The van der Waals surface area contributed by atoms with E-state index in [9.17, 15) is 4.79 Å². The number of nitrogens with zero attached hydrogens (tertiary/aromatic N) is 3. The second kappa shape index (κ2) is 9.84. The second-order valence-corrected chi connectivity index (χ2v) is 8.78. The van der Waals surface area contributed by atoms with E-state index >= 15 is 0 Å². The highest BCUT2D eigenvalue weighted by molar-refractivity contribution is 6.33. The summed E-state index contributed by atoms with van der Waals surface area (Å²) in [5.41, 5.74) is 3.89. The van der Waals surface area contributed by atoms with Gasteiger partial charge < -0.3 is 19.3 Å². The second-order valence-electron chi connectivity index (χ2n) is 8.37. The number of carbonyl (C=O) groups excluding carboxylic acids is 1. The zero-order valence-electron chi connectivity index (χ0n) is 19.7. The van der Waals surface area contributed by atoms with Gasteiger partial charge in [-0.15, -0.1) is 0 Å². The standard InChI is InChI=1S/C28H26ClN3O3/c1-34-19-11-12-21(27(17-19)35-2)25-18-22(20-7-3-5-9-24(20)30-25)28(33)32-15-13-31(14-16-32)26-10-6-4-8-23(26)29/h3-12,17-18H,13-16H2,1-2H3. The Kier molecular flexibility index (Phi) is 6.47. The van der Waals surface area contributed by atoms with E-state index in [1.807, 2.05) is 77.7 Å². The summed E-state index contributed by atoms with van der Waals surface area (Å²) in [6, 6.07) is 23.0. The van der Waals surface area contributed by atoms with Gasteiger partial charge in [-0.25, -0.2) is 4.98 Å².